The monoisotopic (exact) mass is 446 g/mol. The summed E-state index contributed by atoms with van der Waals surface area (Å²) in [6.07, 6.45) is -4.61. The SMILES string of the molecule is Cc1oc(C)c(C(=O)Nc2ccc(N3CCOCC3)cc2C(F)(F)F)c1Br. The van der Waals surface area contributed by atoms with E-state index >= 15 is 0 Å². The number of nitrogens with zero attached hydrogens (tertiary/aromatic N) is 1. The highest BCUT2D eigenvalue weighted by atomic mass is 79.9. The van der Waals surface area contributed by atoms with Gasteiger partial charge in [-0.3, -0.25) is 4.79 Å². The van der Waals surface area contributed by atoms with Crippen molar-refractivity contribution in [3.05, 3.63) is 45.3 Å². The molecule has 1 aromatic carbocycles. The molecule has 0 unspecified atom stereocenters. The van der Waals surface area contributed by atoms with Crippen LogP contribution in [0.3, 0.4) is 0 Å². The number of carbonyl (C=O) groups excluding carboxylic acids is 1. The number of ether oxygens (including phenoxy) is 1. The standard InChI is InChI=1S/C18H18BrF3N2O3/c1-10-15(16(19)11(2)27-10)17(25)23-14-4-3-12(9-13(14)18(20,21)22)24-5-7-26-8-6-24/h3-4,9H,5-8H2,1-2H3,(H,23,25). The van der Waals surface area contributed by atoms with E-state index < -0.39 is 17.6 Å². The molecule has 1 N–H and O–H groups in total. The largest absolute Gasteiger partial charge is 0.465 e. The minimum absolute atomic E-state index is 0.179. The van der Waals surface area contributed by atoms with Gasteiger partial charge in [-0.15, -0.1) is 0 Å². The molecule has 0 atom stereocenters. The Labute approximate surface area is 162 Å². The van der Waals surface area contributed by atoms with Crippen LogP contribution in [-0.4, -0.2) is 32.2 Å². The van der Waals surface area contributed by atoms with Gasteiger partial charge in [0.15, 0.2) is 0 Å². The first-order valence-corrected chi connectivity index (χ1v) is 9.08. The molecule has 27 heavy (non-hydrogen) atoms. The first-order valence-electron chi connectivity index (χ1n) is 8.29. The van der Waals surface area contributed by atoms with E-state index in [1.54, 1.807) is 19.9 Å². The van der Waals surface area contributed by atoms with Gasteiger partial charge in [0.05, 0.1) is 34.5 Å². The third-order valence-electron chi connectivity index (χ3n) is 4.35. The summed E-state index contributed by atoms with van der Waals surface area (Å²) in [5.74, 6) is 0.146. The van der Waals surface area contributed by atoms with Crippen LogP contribution < -0.4 is 10.2 Å². The van der Waals surface area contributed by atoms with E-state index in [0.29, 0.717) is 48.0 Å². The van der Waals surface area contributed by atoms with Gasteiger partial charge in [-0.1, -0.05) is 0 Å². The molecular formula is C18H18BrF3N2O3. The Hall–Kier alpha value is -2.00. The van der Waals surface area contributed by atoms with Crippen LogP contribution in [0.5, 0.6) is 0 Å². The number of halogens is 4. The molecule has 9 heteroatoms. The Morgan fingerprint density at radius 2 is 1.85 bits per heavy atom. The number of morpholine rings is 1. The van der Waals surface area contributed by atoms with E-state index in [-0.39, 0.29) is 11.3 Å². The molecule has 146 valence electrons. The second kappa shape index (κ2) is 7.55. The lowest BCUT2D eigenvalue weighted by molar-refractivity contribution is -0.136. The molecule has 2 heterocycles. The summed E-state index contributed by atoms with van der Waals surface area (Å²) in [4.78, 5) is 14.4. The fourth-order valence-corrected chi connectivity index (χ4v) is 3.53. The third-order valence-corrected chi connectivity index (χ3v) is 5.30. The second-order valence-electron chi connectivity index (χ2n) is 6.18. The molecule has 1 saturated heterocycles. The van der Waals surface area contributed by atoms with Gasteiger partial charge in [0.1, 0.15) is 11.5 Å². The van der Waals surface area contributed by atoms with Crippen LogP contribution in [0.4, 0.5) is 24.5 Å². The molecule has 1 amide bonds. The number of amides is 1. The summed E-state index contributed by atoms with van der Waals surface area (Å²) >= 11 is 3.24. The topological polar surface area (TPSA) is 54.7 Å². The maximum atomic E-state index is 13.6. The number of anilines is 2. The number of furan rings is 1. The van der Waals surface area contributed by atoms with Crippen molar-refractivity contribution in [2.45, 2.75) is 20.0 Å². The van der Waals surface area contributed by atoms with Crippen molar-refractivity contribution in [1.82, 2.24) is 0 Å². The number of hydrogen-bond acceptors (Lipinski definition) is 4. The van der Waals surface area contributed by atoms with Gasteiger partial charge in [-0.25, -0.2) is 0 Å². The van der Waals surface area contributed by atoms with E-state index in [1.165, 1.54) is 6.07 Å². The fourth-order valence-electron chi connectivity index (χ4n) is 2.99. The lowest BCUT2D eigenvalue weighted by atomic mass is 10.1. The molecule has 1 aromatic heterocycles. The number of hydrogen-bond donors (Lipinski definition) is 1. The Morgan fingerprint density at radius 3 is 2.41 bits per heavy atom. The quantitative estimate of drug-likeness (QED) is 0.737. The van der Waals surface area contributed by atoms with Crippen molar-refractivity contribution >= 4 is 33.2 Å². The summed E-state index contributed by atoms with van der Waals surface area (Å²) in [6, 6.07) is 3.91. The third kappa shape index (κ3) is 4.14. The van der Waals surface area contributed by atoms with Crippen molar-refractivity contribution in [1.29, 1.82) is 0 Å². The van der Waals surface area contributed by atoms with Gasteiger partial charge in [0.2, 0.25) is 0 Å². The first-order chi connectivity index (χ1) is 12.7. The molecule has 0 bridgehead atoms. The molecule has 3 rings (SSSR count). The van der Waals surface area contributed by atoms with Crippen molar-refractivity contribution in [3.8, 4) is 0 Å². The molecule has 5 nitrogen and oxygen atoms in total. The maximum Gasteiger partial charge on any atom is 0.418 e. The molecule has 2 aromatic rings. The molecule has 0 saturated carbocycles. The molecule has 0 aliphatic carbocycles. The highest BCUT2D eigenvalue weighted by Crippen LogP contribution is 2.38. The summed E-state index contributed by atoms with van der Waals surface area (Å²) < 4.78 is 51.8. The summed E-state index contributed by atoms with van der Waals surface area (Å²) in [7, 11) is 0. The predicted molar refractivity (Wildman–Crippen MR) is 98.3 cm³/mol. The van der Waals surface area contributed by atoms with E-state index in [1.807, 2.05) is 4.90 Å². The van der Waals surface area contributed by atoms with E-state index in [4.69, 9.17) is 9.15 Å². The Morgan fingerprint density at radius 1 is 1.19 bits per heavy atom. The van der Waals surface area contributed by atoms with Crippen LogP contribution in [-0.2, 0) is 10.9 Å². The minimum Gasteiger partial charge on any atom is -0.465 e. The molecule has 0 spiro atoms. The minimum atomic E-state index is -4.61. The van der Waals surface area contributed by atoms with Crippen LogP contribution in [0.1, 0.15) is 27.4 Å². The Balaban J connectivity index is 1.93. The predicted octanol–water partition coefficient (Wildman–Crippen LogP) is 4.77. The number of benzene rings is 1. The van der Waals surface area contributed by atoms with Gasteiger partial charge in [-0.2, -0.15) is 13.2 Å². The zero-order valence-corrected chi connectivity index (χ0v) is 16.3. The number of carbonyl (C=O) groups is 1. The molecule has 1 aliphatic heterocycles. The van der Waals surface area contributed by atoms with Crippen LogP contribution in [0.15, 0.2) is 27.1 Å². The summed E-state index contributed by atoms with van der Waals surface area (Å²) in [6.45, 7) is 5.21. The van der Waals surface area contributed by atoms with Gasteiger partial charge in [0, 0.05) is 18.8 Å². The van der Waals surface area contributed by atoms with Gasteiger partial charge >= 0.3 is 6.18 Å². The molecule has 1 fully saturated rings. The number of alkyl halides is 3. The lowest BCUT2D eigenvalue weighted by Crippen LogP contribution is -2.36. The van der Waals surface area contributed by atoms with E-state index in [2.05, 4.69) is 21.2 Å². The van der Waals surface area contributed by atoms with Crippen LogP contribution in [0.25, 0.3) is 0 Å². The van der Waals surface area contributed by atoms with Crippen molar-refractivity contribution in [2.24, 2.45) is 0 Å². The smallest absolute Gasteiger partial charge is 0.418 e. The summed E-state index contributed by atoms with van der Waals surface area (Å²) in [5, 5.41) is 2.37. The van der Waals surface area contributed by atoms with Gasteiger partial charge in [-0.05, 0) is 48.0 Å². The Bertz CT molecular complexity index is 858. The van der Waals surface area contributed by atoms with Crippen molar-refractivity contribution in [3.63, 3.8) is 0 Å². The number of nitrogens with one attached hydrogen (secondary N) is 1. The summed E-state index contributed by atoms with van der Waals surface area (Å²) in [5.41, 5.74) is -0.568. The van der Waals surface area contributed by atoms with Gasteiger partial charge in [0.25, 0.3) is 5.91 Å². The second-order valence-corrected chi connectivity index (χ2v) is 6.98. The zero-order valence-electron chi connectivity index (χ0n) is 14.7. The number of aryl methyl sites for hydroxylation is 2. The Kier molecular flexibility index (Phi) is 5.53. The van der Waals surface area contributed by atoms with Crippen LogP contribution >= 0.6 is 15.9 Å². The van der Waals surface area contributed by atoms with Crippen molar-refractivity contribution in [2.75, 3.05) is 36.5 Å². The van der Waals surface area contributed by atoms with E-state index in [9.17, 15) is 18.0 Å². The van der Waals surface area contributed by atoms with Crippen molar-refractivity contribution < 1.29 is 27.1 Å². The molecule has 0 radical (unpaired) electrons. The van der Waals surface area contributed by atoms with Crippen LogP contribution in [0, 0.1) is 13.8 Å². The zero-order chi connectivity index (χ0) is 19.8. The van der Waals surface area contributed by atoms with Gasteiger partial charge < -0.3 is 19.4 Å². The highest BCUT2D eigenvalue weighted by Gasteiger charge is 2.35. The van der Waals surface area contributed by atoms with E-state index in [0.717, 1.165) is 6.07 Å². The number of rotatable bonds is 3. The molecular weight excluding hydrogens is 429 g/mol. The first kappa shape index (κ1) is 19.8. The fraction of sp³-hybridized carbons (Fsp3) is 0.389. The highest BCUT2D eigenvalue weighted by molar-refractivity contribution is 9.10. The average molecular weight is 447 g/mol. The maximum absolute atomic E-state index is 13.6. The molecule has 1 aliphatic rings. The van der Waals surface area contributed by atoms with Crippen LogP contribution in [0.2, 0.25) is 0 Å². The average Bonchev–Trinajstić information content (AvgIpc) is 2.87. The lowest BCUT2D eigenvalue weighted by Gasteiger charge is -2.29. The normalized spacial score (nSPS) is 15.1.